The molecule has 30 heavy (non-hydrogen) atoms. The summed E-state index contributed by atoms with van der Waals surface area (Å²) in [5, 5.41) is 4.46. The zero-order valence-electron chi connectivity index (χ0n) is 18.1. The minimum Gasteiger partial charge on any atom is -0.383 e. The van der Waals surface area contributed by atoms with Gasteiger partial charge in [0.1, 0.15) is 17.0 Å². The van der Waals surface area contributed by atoms with Crippen LogP contribution in [0.5, 0.6) is 0 Å². The van der Waals surface area contributed by atoms with E-state index in [0.717, 1.165) is 23.4 Å². The summed E-state index contributed by atoms with van der Waals surface area (Å²) in [7, 11) is 3.34. The molecule has 3 aromatic heterocycles. The molecule has 0 bridgehead atoms. The molecular weight excluding hydrogens is 384 g/mol. The largest absolute Gasteiger partial charge is 0.383 e. The summed E-state index contributed by atoms with van der Waals surface area (Å²) >= 11 is 0. The molecule has 0 radical (unpaired) electrons. The molecule has 0 N–H and O–H groups in total. The van der Waals surface area contributed by atoms with E-state index in [1.807, 2.05) is 0 Å². The Morgan fingerprint density at radius 1 is 1.37 bits per heavy atom. The van der Waals surface area contributed by atoms with Crippen molar-refractivity contribution in [3.8, 4) is 11.5 Å². The highest BCUT2D eigenvalue weighted by molar-refractivity contribution is 5.82. The molecule has 9 heteroatoms. The predicted octanol–water partition coefficient (Wildman–Crippen LogP) is 1.93. The summed E-state index contributed by atoms with van der Waals surface area (Å²) < 4.78 is 14.5. The lowest BCUT2D eigenvalue weighted by Crippen LogP contribution is -2.44. The summed E-state index contributed by atoms with van der Waals surface area (Å²) in [6.45, 7) is 8.71. The lowest BCUT2D eigenvalue weighted by Gasteiger charge is -2.34. The fourth-order valence-electron chi connectivity index (χ4n) is 4.02. The molecule has 0 aromatic carbocycles. The van der Waals surface area contributed by atoms with E-state index in [4.69, 9.17) is 14.5 Å². The molecule has 0 aliphatic carbocycles. The molecule has 9 nitrogen and oxygen atoms in total. The highest BCUT2D eigenvalue weighted by Crippen LogP contribution is 2.30. The average Bonchev–Trinajstić information content (AvgIpc) is 3.11. The first kappa shape index (κ1) is 20.5. The number of anilines is 1. The number of hydrogen-bond donors (Lipinski definition) is 0. The quantitative estimate of drug-likeness (QED) is 0.633. The van der Waals surface area contributed by atoms with E-state index in [1.165, 1.54) is 4.68 Å². The minimum absolute atomic E-state index is 0.0201. The van der Waals surface area contributed by atoms with Gasteiger partial charge >= 0.3 is 0 Å². The summed E-state index contributed by atoms with van der Waals surface area (Å²) in [6.07, 6.45) is 1.81. The third-order valence-corrected chi connectivity index (χ3v) is 5.54. The van der Waals surface area contributed by atoms with Gasteiger partial charge in [-0.05, 0) is 26.8 Å². The number of aromatic nitrogens is 5. The normalized spacial score (nSPS) is 18.2. The number of fused-ring (bicyclic) bond motifs is 1. The van der Waals surface area contributed by atoms with Crippen molar-refractivity contribution in [2.24, 2.45) is 7.05 Å². The second-order valence-electron chi connectivity index (χ2n) is 7.90. The van der Waals surface area contributed by atoms with Gasteiger partial charge in [0.15, 0.2) is 5.82 Å². The Morgan fingerprint density at radius 2 is 2.17 bits per heavy atom. The standard InChI is InChI=1S/C21H28N6O3/c1-13-8-16(24-25(4)21(13)28)20-23-17-10-22-19(26-6-7-30-12-14(26)2)9-18(17)27(20)15(3)11-29-5/h8-10,14-15H,6-7,11-12H2,1-5H3. The first-order valence-corrected chi connectivity index (χ1v) is 10.2. The number of morpholine rings is 1. The van der Waals surface area contributed by atoms with Crippen LogP contribution in [0.25, 0.3) is 22.6 Å². The molecule has 160 valence electrons. The van der Waals surface area contributed by atoms with Crippen molar-refractivity contribution in [3.63, 3.8) is 0 Å². The third kappa shape index (κ3) is 3.59. The van der Waals surface area contributed by atoms with Gasteiger partial charge in [-0.15, -0.1) is 0 Å². The van der Waals surface area contributed by atoms with Crippen molar-refractivity contribution < 1.29 is 9.47 Å². The highest BCUT2D eigenvalue weighted by atomic mass is 16.5. The molecule has 1 saturated heterocycles. The van der Waals surface area contributed by atoms with Crippen LogP contribution in [0, 0.1) is 6.92 Å². The molecule has 4 rings (SSSR count). The number of rotatable bonds is 5. The van der Waals surface area contributed by atoms with E-state index >= 15 is 0 Å². The molecule has 4 heterocycles. The molecule has 0 spiro atoms. The highest BCUT2D eigenvalue weighted by Gasteiger charge is 2.24. The zero-order valence-corrected chi connectivity index (χ0v) is 18.1. The Labute approximate surface area is 175 Å². The molecule has 0 amide bonds. The Kier molecular flexibility index (Phi) is 5.57. The van der Waals surface area contributed by atoms with Gasteiger partial charge < -0.3 is 18.9 Å². The molecule has 1 aliphatic heterocycles. The van der Waals surface area contributed by atoms with E-state index in [9.17, 15) is 4.79 Å². The lowest BCUT2D eigenvalue weighted by atomic mass is 10.2. The molecule has 1 fully saturated rings. The van der Waals surface area contributed by atoms with Crippen molar-refractivity contribution in [2.45, 2.75) is 32.9 Å². The van der Waals surface area contributed by atoms with Gasteiger partial charge in [0.25, 0.3) is 5.56 Å². The predicted molar refractivity (Wildman–Crippen MR) is 115 cm³/mol. The Morgan fingerprint density at radius 3 is 2.87 bits per heavy atom. The van der Waals surface area contributed by atoms with Crippen molar-refractivity contribution in [1.29, 1.82) is 0 Å². The van der Waals surface area contributed by atoms with Crippen LogP contribution in [-0.4, -0.2) is 63.8 Å². The van der Waals surface area contributed by atoms with Gasteiger partial charge in [-0.25, -0.2) is 14.6 Å². The first-order chi connectivity index (χ1) is 14.4. The second kappa shape index (κ2) is 8.16. The van der Waals surface area contributed by atoms with Crippen molar-refractivity contribution >= 4 is 16.9 Å². The maximum Gasteiger partial charge on any atom is 0.269 e. The Hall–Kier alpha value is -2.78. The molecule has 0 saturated carbocycles. The molecule has 1 aliphatic rings. The summed E-state index contributed by atoms with van der Waals surface area (Å²) in [6, 6.07) is 4.14. The van der Waals surface area contributed by atoms with Crippen LogP contribution >= 0.6 is 0 Å². The fourth-order valence-corrected chi connectivity index (χ4v) is 4.02. The van der Waals surface area contributed by atoms with Crippen molar-refractivity contribution in [3.05, 3.63) is 34.2 Å². The number of pyridine rings is 1. The molecular formula is C21H28N6O3. The summed E-state index contributed by atoms with van der Waals surface area (Å²) in [4.78, 5) is 23.9. The zero-order chi connectivity index (χ0) is 21.4. The van der Waals surface area contributed by atoms with Crippen molar-refractivity contribution in [1.82, 2.24) is 24.3 Å². The Bertz CT molecular complexity index is 1100. The Balaban J connectivity index is 1.90. The van der Waals surface area contributed by atoms with Crippen LogP contribution in [0.1, 0.15) is 25.5 Å². The van der Waals surface area contributed by atoms with Gasteiger partial charge in [-0.3, -0.25) is 4.79 Å². The van der Waals surface area contributed by atoms with Gasteiger partial charge in [-0.2, -0.15) is 5.10 Å². The molecule has 2 unspecified atom stereocenters. The number of imidazole rings is 1. The van der Waals surface area contributed by atoms with Gasteiger partial charge in [-0.1, -0.05) is 0 Å². The number of hydrogen-bond acceptors (Lipinski definition) is 7. The molecule has 2 atom stereocenters. The number of methoxy groups -OCH3 is 1. The van der Waals surface area contributed by atoms with Crippen molar-refractivity contribution in [2.75, 3.05) is 38.4 Å². The van der Waals surface area contributed by atoms with E-state index in [1.54, 1.807) is 33.3 Å². The fraction of sp³-hybridized carbons (Fsp3) is 0.524. The first-order valence-electron chi connectivity index (χ1n) is 10.2. The maximum absolute atomic E-state index is 12.1. The second-order valence-corrected chi connectivity index (χ2v) is 7.90. The topological polar surface area (TPSA) is 87.3 Å². The smallest absolute Gasteiger partial charge is 0.269 e. The van der Waals surface area contributed by atoms with Gasteiger partial charge in [0.05, 0.1) is 43.6 Å². The SMILES string of the molecule is COCC(C)n1c(-c2cc(C)c(=O)n(C)n2)nc2cnc(N3CCOCC3C)cc21. The lowest BCUT2D eigenvalue weighted by molar-refractivity contribution is 0.0985. The maximum atomic E-state index is 12.1. The van der Waals surface area contributed by atoms with Crippen LogP contribution in [0.15, 0.2) is 23.1 Å². The van der Waals surface area contributed by atoms with Crippen LogP contribution in [0.2, 0.25) is 0 Å². The monoisotopic (exact) mass is 412 g/mol. The van der Waals surface area contributed by atoms with Crippen LogP contribution < -0.4 is 10.5 Å². The average molecular weight is 412 g/mol. The van der Waals surface area contributed by atoms with Gasteiger partial charge in [0, 0.05) is 32.3 Å². The van der Waals surface area contributed by atoms with Crippen LogP contribution in [0.3, 0.4) is 0 Å². The van der Waals surface area contributed by atoms with Gasteiger partial charge in [0.2, 0.25) is 0 Å². The number of nitrogens with zero attached hydrogens (tertiary/aromatic N) is 6. The summed E-state index contributed by atoms with van der Waals surface area (Å²) in [5.74, 6) is 1.60. The van der Waals surface area contributed by atoms with Crippen LogP contribution in [0.4, 0.5) is 5.82 Å². The third-order valence-electron chi connectivity index (χ3n) is 5.54. The van der Waals surface area contributed by atoms with Crippen LogP contribution in [-0.2, 0) is 16.5 Å². The minimum atomic E-state index is -0.114. The van der Waals surface area contributed by atoms with E-state index in [-0.39, 0.29) is 17.6 Å². The van der Waals surface area contributed by atoms with E-state index in [0.29, 0.717) is 36.9 Å². The molecule has 3 aromatic rings. The summed E-state index contributed by atoms with van der Waals surface area (Å²) in [5.41, 5.74) is 2.91. The number of ether oxygens (including phenoxy) is 2. The van der Waals surface area contributed by atoms with E-state index in [2.05, 4.69) is 39.5 Å². The van der Waals surface area contributed by atoms with E-state index < -0.39 is 0 Å². The number of aryl methyl sites for hydroxylation is 2.